The Morgan fingerprint density at radius 2 is 1.67 bits per heavy atom. The van der Waals surface area contributed by atoms with Gasteiger partial charge in [-0.3, -0.25) is 4.90 Å². The molecule has 2 aliphatic heterocycles. The molecule has 0 aliphatic carbocycles. The summed E-state index contributed by atoms with van der Waals surface area (Å²) in [6.45, 7) is 4.07. The van der Waals surface area contributed by atoms with Crippen LogP contribution in [0.25, 0.3) is 0 Å². The number of hydrogen-bond donors (Lipinski definition) is 0. The Morgan fingerprint density at radius 1 is 1.05 bits per heavy atom. The monoisotopic (exact) mass is 294 g/mol. The maximum Gasteiger partial charge on any atom is 0.133 e. The maximum absolute atomic E-state index is 13.3. The second-order valence-electron chi connectivity index (χ2n) is 6.27. The molecule has 0 aromatic heterocycles. The van der Waals surface area contributed by atoms with Crippen molar-refractivity contribution in [1.82, 2.24) is 4.90 Å². The predicted molar refractivity (Wildman–Crippen MR) is 77.4 cm³/mol. The van der Waals surface area contributed by atoms with E-state index in [1.807, 2.05) is 0 Å². The van der Waals surface area contributed by atoms with E-state index < -0.39 is 11.6 Å². The highest BCUT2D eigenvalue weighted by atomic mass is 19.1. The highest BCUT2D eigenvalue weighted by molar-refractivity contribution is 5.52. The Bertz CT molecular complexity index is 507. The van der Waals surface area contributed by atoms with Gasteiger partial charge in [0, 0.05) is 24.8 Å². The van der Waals surface area contributed by atoms with Crippen LogP contribution in [0.15, 0.2) is 18.2 Å². The molecule has 3 nitrogen and oxygen atoms in total. The van der Waals surface area contributed by atoms with Gasteiger partial charge in [-0.15, -0.1) is 0 Å². The smallest absolute Gasteiger partial charge is 0.133 e. The van der Waals surface area contributed by atoms with Gasteiger partial charge >= 0.3 is 0 Å². The van der Waals surface area contributed by atoms with Crippen molar-refractivity contribution in [3.8, 4) is 0 Å². The topological polar surface area (TPSA) is 23.6 Å². The van der Waals surface area contributed by atoms with Crippen LogP contribution in [-0.4, -0.2) is 43.9 Å². The van der Waals surface area contributed by atoms with Gasteiger partial charge in [0.25, 0.3) is 0 Å². The van der Waals surface area contributed by atoms with Crippen molar-refractivity contribution in [3.05, 3.63) is 29.8 Å². The molecule has 0 amide bonds. The van der Waals surface area contributed by atoms with Gasteiger partial charge in [0.1, 0.15) is 17.9 Å². The van der Waals surface area contributed by atoms with Gasteiger partial charge in [-0.25, -0.2) is 8.78 Å². The number of rotatable bonds is 3. The van der Waals surface area contributed by atoms with Crippen LogP contribution < -0.4 is 4.90 Å². The van der Waals surface area contributed by atoms with Gasteiger partial charge in [0.2, 0.25) is 0 Å². The number of hydrogen-bond acceptors (Lipinski definition) is 3. The second-order valence-corrected chi connectivity index (χ2v) is 6.27. The molecule has 1 spiro atoms. The minimum atomic E-state index is -0.522. The molecular weight excluding hydrogens is 274 g/mol. The van der Waals surface area contributed by atoms with Crippen molar-refractivity contribution in [2.75, 3.05) is 37.6 Å². The van der Waals surface area contributed by atoms with Gasteiger partial charge in [-0.05, 0) is 49.9 Å². The van der Waals surface area contributed by atoms with Gasteiger partial charge < -0.3 is 9.69 Å². The first-order valence-corrected chi connectivity index (χ1v) is 7.47. The zero-order chi connectivity index (χ0) is 14.9. The Balaban J connectivity index is 1.67. The lowest BCUT2D eigenvalue weighted by Crippen LogP contribution is -2.42. The molecule has 0 N–H and O–H groups in total. The van der Waals surface area contributed by atoms with E-state index in [1.165, 1.54) is 12.1 Å². The number of aldehydes is 1. The summed E-state index contributed by atoms with van der Waals surface area (Å²) in [5.41, 5.74) is 0.877. The molecule has 0 bridgehead atoms. The third-order valence-electron chi connectivity index (χ3n) is 4.90. The van der Waals surface area contributed by atoms with Gasteiger partial charge in [-0.1, -0.05) is 0 Å². The van der Waals surface area contributed by atoms with E-state index in [0.29, 0.717) is 12.2 Å². The molecule has 21 heavy (non-hydrogen) atoms. The number of halogens is 2. The normalized spacial score (nSPS) is 21.9. The summed E-state index contributed by atoms with van der Waals surface area (Å²) in [7, 11) is 0. The number of carbonyl (C=O) groups excluding carboxylic acids is 1. The van der Waals surface area contributed by atoms with Crippen LogP contribution in [0.2, 0.25) is 0 Å². The van der Waals surface area contributed by atoms with Gasteiger partial charge in [0.15, 0.2) is 0 Å². The minimum absolute atomic E-state index is 0.238. The molecule has 0 saturated carbocycles. The Labute approximate surface area is 123 Å². The lowest BCUT2D eigenvalue weighted by atomic mass is 9.78. The number of piperidine rings is 1. The molecular formula is C16H20F2N2O. The molecule has 2 saturated heterocycles. The highest BCUT2D eigenvalue weighted by Gasteiger charge is 2.40. The van der Waals surface area contributed by atoms with Crippen LogP contribution >= 0.6 is 0 Å². The third kappa shape index (κ3) is 3.07. The molecule has 5 heteroatoms. The van der Waals surface area contributed by atoms with Crippen LogP contribution in [0.5, 0.6) is 0 Å². The van der Waals surface area contributed by atoms with Crippen molar-refractivity contribution in [1.29, 1.82) is 0 Å². The van der Waals surface area contributed by atoms with E-state index >= 15 is 0 Å². The molecule has 2 fully saturated rings. The number of anilines is 1. The molecule has 0 unspecified atom stereocenters. The Morgan fingerprint density at radius 3 is 2.29 bits per heavy atom. The fourth-order valence-corrected chi connectivity index (χ4v) is 3.60. The van der Waals surface area contributed by atoms with E-state index in [1.54, 1.807) is 0 Å². The molecule has 2 aliphatic rings. The molecule has 1 aromatic rings. The highest BCUT2D eigenvalue weighted by Crippen LogP contribution is 2.41. The van der Waals surface area contributed by atoms with Crippen molar-refractivity contribution < 1.29 is 13.6 Å². The van der Waals surface area contributed by atoms with E-state index in [9.17, 15) is 13.6 Å². The summed E-state index contributed by atoms with van der Waals surface area (Å²) in [5, 5.41) is 0. The fourth-order valence-electron chi connectivity index (χ4n) is 3.60. The molecule has 1 aromatic carbocycles. The standard InChI is InChI=1S/C16H20F2N2O/c17-13-9-14(18)11-15(10-13)20-6-3-16(12-20)1-4-19(5-2-16)7-8-21/h8-11H,1-7,12H2. The van der Waals surface area contributed by atoms with Crippen LogP contribution in [-0.2, 0) is 4.79 Å². The minimum Gasteiger partial charge on any atom is -0.371 e. The molecule has 2 heterocycles. The summed E-state index contributed by atoms with van der Waals surface area (Å²) in [5.74, 6) is -1.04. The van der Waals surface area contributed by atoms with Crippen LogP contribution in [0.4, 0.5) is 14.5 Å². The van der Waals surface area contributed by atoms with E-state index in [2.05, 4.69) is 9.80 Å². The molecule has 3 rings (SSSR count). The van der Waals surface area contributed by atoms with Gasteiger partial charge in [-0.2, -0.15) is 0 Å². The van der Waals surface area contributed by atoms with Crippen molar-refractivity contribution >= 4 is 12.0 Å². The summed E-state index contributed by atoms with van der Waals surface area (Å²) in [4.78, 5) is 14.8. The number of benzene rings is 1. The summed E-state index contributed by atoms with van der Waals surface area (Å²) < 4.78 is 26.7. The van der Waals surface area contributed by atoms with E-state index in [-0.39, 0.29) is 5.41 Å². The Kier molecular flexibility index (Phi) is 3.93. The Hall–Kier alpha value is -1.49. The number of likely N-dealkylation sites (tertiary alicyclic amines) is 1. The first-order chi connectivity index (χ1) is 10.1. The lowest BCUT2D eigenvalue weighted by Gasteiger charge is -2.38. The SMILES string of the molecule is O=CCN1CCC2(CC1)CCN(c1cc(F)cc(F)c1)C2. The average molecular weight is 294 g/mol. The summed E-state index contributed by atoms with van der Waals surface area (Å²) >= 11 is 0. The van der Waals surface area contributed by atoms with E-state index in [0.717, 1.165) is 57.8 Å². The van der Waals surface area contributed by atoms with Gasteiger partial charge in [0.05, 0.1) is 6.54 Å². The molecule has 114 valence electrons. The number of carbonyl (C=O) groups is 1. The van der Waals surface area contributed by atoms with Crippen molar-refractivity contribution in [2.45, 2.75) is 19.3 Å². The summed E-state index contributed by atoms with van der Waals surface area (Å²) in [6, 6.07) is 3.72. The van der Waals surface area contributed by atoms with Crippen LogP contribution in [0, 0.1) is 17.0 Å². The first kappa shape index (κ1) is 14.4. The maximum atomic E-state index is 13.3. The third-order valence-corrected chi connectivity index (χ3v) is 4.90. The van der Waals surface area contributed by atoms with Crippen LogP contribution in [0.3, 0.4) is 0 Å². The predicted octanol–water partition coefficient (Wildman–Crippen LogP) is 2.46. The molecule has 0 atom stereocenters. The fraction of sp³-hybridized carbons (Fsp3) is 0.562. The first-order valence-electron chi connectivity index (χ1n) is 7.47. The average Bonchev–Trinajstić information content (AvgIpc) is 2.85. The quantitative estimate of drug-likeness (QED) is 0.800. The summed E-state index contributed by atoms with van der Waals surface area (Å²) in [6.07, 6.45) is 4.11. The van der Waals surface area contributed by atoms with Crippen molar-refractivity contribution in [2.24, 2.45) is 5.41 Å². The number of nitrogens with zero attached hydrogens (tertiary/aromatic N) is 2. The van der Waals surface area contributed by atoms with Crippen LogP contribution in [0.1, 0.15) is 19.3 Å². The zero-order valence-corrected chi connectivity index (χ0v) is 12.0. The lowest BCUT2D eigenvalue weighted by molar-refractivity contribution is -0.109. The largest absolute Gasteiger partial charge is 0.371 e. The molecule has 0 radical (unpaired) electrons. The van der Waals surface area contributed by atoms with Crippen molar-refractivity contribution in [3.63, 3.8) is 0 Å². The second kappa shape index (κ2) is 5.72. The van der Waals surface area contributed by atoms with E-state index in [4.69, 9.17) is 0 Å². The zero-order valence-electron chi connectivity index (χ0n) is 12.0.